The van der Waals surface area contributed by atoms with E-state index in [2.05, 4.69) is 33.4 Å². The zero-order chi connectivity index (χ0) is 13.0. The topological polar surface area (TPSA) is 41.5 Å². The minimum absolute atomic E-state index is 0.0850. The number of nitrogens with one attached hydrogen (secondary N) is 1. The van der Waals surface area contributed by atoms with Crippen LogP contribution in [0.25, 0.3) is 0 Å². The second kappa shape index (κ2) is 6.55. The smallest absolute Gasteiger partial charge is 0.133 e. The summed E-state index contributed by atoms with van der Waals surface area (Å²) in [5, 5.41) is 13.0. The average molecular weight is 314 g/mol. The van der Waals surface area contributed by atoms with E-state index in [1.807, 2.05) is 6.07 Å². The van der Waals surface area contributed by atoms with Gasteiger partial charge >= 0.3 is 0 Å². The van der Waals surface area contributed by atoms with Gasteiger partial charge in [-0.05, 0) is 59.3 Å². The molecule has 1 aromatic carbocycles. The highest BCUT2D eigenvalue weighted by Gasteiger charge is 2.18. The first-order valence-electron chi connectivity index (χ1n) is 6.43. The molecule has 3 nitrogen and oxygen atoms in total. The summed E-state index contributed by atoms with van der Waals surface area (Å²) in [5.74, 6) is 0.861. The summed E-state index contributed by atoms with van der Waals surface area (Å²) >= 11 is 3.50. The molecule has 0 spiro atoms. The normalized spacial score (nSPS) is 23.9. The number of hydrogen-bond donors (Lipinski definition) is 2. The Labute approximate surface area is 117 Å². The molecule has 4 heteroatoms. The highest BCUT2D eigenvalue weighted by Crippen LogP contribution is 2.26. The van der Waals surface area contributed by atoms with Crippen molar-refractivity contribution in [3.8, 4) is 5.75 Å². The number of aliphatic hydroxyl groups is 1. The third-order valence-electron chi connectivity index (χ3n) is 3.51. The Bertz CT molecular complexity index is 389. The number of ether oxygens (including phenoxy) is 1. The fraction of sp³-hybridized carbons (Fsp3) is 0.571. The van der Waals surface area contributed by atoms with Crippen molar-refractivity contribution in [3.63, 3.8) is 0 Å². The second-order valence-corrected chi connectivity index (χ2v) is 5.71. The third-order valence-corrected chi connectivity index (χ3v) is 4.13. The number of halogens is 1. The molecule has 2 N–H and O–H groups in total. The predicted octanol–water partition coefficient (Wildman–Crippen LogP) is 2.85. The molecule has 1 aliphatic rings. The summed E-state index contributed by atoms with van der Waals surface area (Å²) in [6.45, 7) is 0.864. The molecule has 0 amide bonds. The average Bonchev–Trinajstić information content (AvgIpc) is 2.38. The van der Waals surface area contributed by atoms with Gasteiger partial charge < -0.3 is 15.2 Å². The number of benzene rings is 1. The second-order valence-electron chi connectivity index (χ2n) is 4.86. The van der Waals surface area contributed by atoms with Crippen LogP contribution in [0.4, 0.5) is 0 Å². The van der Waals surface area contributed by atoms with Gasteiger partial charge in [0.05, 0.1) is 17.7 Å². The molecule has 1 saturated carbocycles. The Kier molecular flexibility index (Phi) is 5.03. The number of hydrogen-bond acceptors (Lipinski definition) is 3. The Morgan fingerprint density at radius 1 is 1.33 bits per heavy atom. The van der Waals surface area contributed by atoms with Gasteiger partial charge in [0.1, 0.15) is 5.75 Å². The van der Waals surface area contributed by atoms with Crippen LogP contribution in [0.2, 0.25) is 0 Å². The predicted molar refractivity (Wildman–Crippen MR) is 75.8 cm³/mol. The van der Waals surface area contributed by atoms with Gasteiger partial charge in [-0.2, -0.15) is 0 Å². The van der Waals surface area contributed by atoms with Gasteiger partial charge in [0.25, 0.3) is 0 Å². The molecule has 0 radical (unpaired) electrons. The lowest BCUT2D eigenvalue weighted by Gasteiger charge is -2.26. The van der Waals surface area contributed by atoms with E-state index in [4.69, 9.17) is 4.74 Å². The van der Waals surface area contributed by atoms with Gasteiger partial charge in [-0.3, -0.25) is 0 Å². The molecular formula is C14H20BrNO2. The van der Waals surface area contributed by atoms with Crippen LogP contribution in [0, 0.1) is 0 Å². The van der Waals surface area contributed by atoms with E-state index in [1.165, 1.54) is 5.56 Å². The first-order valence-corrected chi connectivity index (χ1v) is 7.22. The van der Waals surface area contributed by atoms with Crippen LogP contribution in [0.15, 0.2) is 22.7 Å². The van der Waals surface area contributed by atoms with Crippen molar-refractivity contribution >= 4 is 15.9 Å². The summed E-state index contributed by atoms with van der Waals surface area (Å²) in [7, 11) is 1.67. The van der Waals surface area contributed by atoms with Gasteiger partial charge in [-0.25, -0.2) is 0 Å². The van der Waals surface area contributed by atoms with Crippen molar-refractivity contribution in [2.45, 2.75) is 44.4 Å². The van der Waals surface area contributed by atoms with Gasteiger partial charge in [0.15, 0.2) is 0 Å². The van der Waals surface area contributed by atoms with E-state index >= 15 is 0 Å². The number of methoxy groups -OCH3 is 1. The van der Waals surface area contributed by atoms with Crippen LogP contribution in [0.3, 0.4) is 0 Å². The van der Waals surface area contributed by atoms with Crippen LogP contribution in [0.1, 0.15) is 31.2 Å². The highest BCUT2D eigenvalue weighted by atomic mass is 79.9. The fourth-order valence-electron chi connectivity index (χ4n) is 2.36. The standard InChI is InChI=1S/C14H20BrNO2/c1-18-14-7-2-10(8-13(14)15)9-16-11-3-5-12(17)6-4-11/h2,7-8,11-12,16-17H,3-6,9H2,1H3. The van der Waals surface area contributed by atoms with Crippen molar-refractivity contribution in [3.05, 3.63) is 28.2 Å². The van der Waals surface area contributed by atoms with Crippen molar-refractivity contribution in [2.24, 2.45) is 0 Å². The highest BCUT2D eigenvalue weighted by molar-refractivity contribution is 9.10. The summed E-state index contributed by atoms with van der Waals surface area (Å²) in [6, 6.07) is 6.68. The molecule has 0 aliphatic heterocycles. The summed E-state index contributed by atoms with van der Waals surface area (Å²) < 4.78 is 6.20. The lowest BCUT2D eigenvalue weighted by atomic mass is 9.93. The molecular weight excluding hydrogens is 294 g/mol. The fourth-order valence-corrected chi connectivity index (χ4v) is 2.95. The number of aliphatic hydroxyl groups excluding tert-OH is 1. The van der Waals surface area contributed by atoms with Gasteiger partial charge in [-0.1, -0.05) is 6.07 Å². The Morgan fingerprint density at radius 3 is 2.67 bits per heavy atom. The molecule has 0 bridgehead atoms. The summed E-state index contributed by atoms with van der Waals surface area (Å²) in [4.78, 5) is 0. The van der Waals surface area contributed by atoms with E-state index in [-0.39, 0.29) is 6.10 Å². The zero-order valence-electron chi connectivity index (χ0n) is 10.7. The van der Waals surface area contributed by atoms with E-state index in [0.29, 0.717) is 6.04 Å². The van der Waals surface area contributed by atoms with E-state index in [1.54, 1.807) is 7.11 Å². The lowest BCUT2D eigenvalue weighted by Crippen LogP contribution is -2.34. The molecule has 0 heterocycles. The zero-order valence-corrected chi connectivity index (χ0v) is 12.2. The van der Waals surface area contributed by atoms with Crippen molar-refractivity contribution in [1.82, 2.24) is 5.32 Å². The molecule has 100 valence electrons. The largest absolute Gasteiger partial charge is 0.496 e. The van der Waals surface area contributed by atoms with Gasteiger partial charge in [0, 0.05) is 12.6 Å². The lowest BCUT2D eigenvalue weighted by molar-refractivity contribution is 0.116. The quantitative estimate of drug-likeness (QED) is 0.898. The van der Waals surface area contributed by atoms with Crippen LogP contribution in [0.5, 0.6) is 5.75 Å². The molecule has 0 unspecified atom stereocenters. The van der Waals surface area contributed by atoms with Crippen molar-refractivity contribution in [1.29, 1.82) is 0 Å². The van der Waals surface area contributed by atoms with Gasteiger partial charge in [0.2, 0.25) is 0 Å². The van der Waals surface area contributed by atoms with Crippen molar-refractivity contribution < 1.29 is 9.84 Å². The maximum Gasteiger partial charge on any atom is 0.133 e. The molecule has 0 saturated heterocycles. The Balaban J connectivity index is 1.84. The van der Waals surface area contributed by atoms with E-state index in [9.17, 15) is 5.11 Å². The summed E-state index contributed by atoms with van der Waals surface area (Å²) in [6.07, 6.45) is 3.89. The molecule has 1 aliphatic carbocycles. The van der Waals surface area contributed by atoms with Crippen molar-refractivity contribution in [2.75, 3.05) is 7.11 Å². The molecule has 1 aromatic rings. The van der Waals surface area contributed by atoms with Gasteiger partial charge in [-0.15, -0.1) is 0 Å². The first-order chi connectivity index (χ1) is 8.69. The van der Waals surface area contributed by atoms with Crippen LogP contribution < -0.4 is 10.1 Å². The molecule has 18 heavy (non-hydrogen) atoms. The number of rotatable bonds is 4. The Morgan fingerprint density at radius 2 is 2.06 bits per heavy atom. The maximum absolute atomic E-state index is 9.46. The van der Waals surface area contributed by atoms with E-state index < -0.39 is 0 Å². The monoisotopic (exact) mass is 313 g/mol. The minimum atomic E-state index is -0.0850. The Hall–Kier alpha value is -0.580. The van der Waals surface area contributed by atoms with Crippen LogP contribution in [-0.4, -0.2) is 24.4 Å². The minimum Gasteiger partial charge on any atom is -0.496 e. The van der Waals surface area contributed by atoms with Crippen LogP contribution in [-0.2, 0) is 6.54 Å². The molecule has 0 atom stereocenters. The molecule has 0 aromatic heterocycles. The summed E-state index contributed by atoms with van der Waals surface area (Å²) in [5.41, 5.74) is 1.24. The SMILES string of the molecule is COc1ccc(CNC2CCC(O)CC2)cc1Br. The third kappa shape index (κ3) is 3.70. The first kappa shape index (κ1) is 13.8. The molecule has 2 rings (SSSR count). The van der Waals surface area contributed by atoms with E-state index in [0.717, 1.165) is 42.5 Å². The molecule has 1 fully saturated rings. The van der Waals surface area contributed by atoms with Crippen LogP contribution >= 0.6 is 15.9 Å². The maximum atomic E-state index is 9.46.